The van der Waals surface area contributed by atoms with Crippen molar-refractivity contribution in [3.63, 3.8) is 0 Å². The maximum atomic E-state index is 13.2. The van der Waals surface area contributed by atoms with Crippen LogP contribution in [0.25, 0.3) is 12.2 Å². The van der Waals surface area contributed by atoms with E-state index in [2.05, 4.69) is 21.3 Å². The van der Waals surface area contributed by atoms with Crippen molar-refractivity contribution in [2.24, 2.45) is 0 Å². The van der Waals surface area contributed by atoms with Crippen LogP contribution >= 0.6 is 0 Å². The van der Waals surface area contributed by atoms with Gasteiger partial charge in [-0.3, -0.25) is 49.0 Å². The Kier molecular flexibility index (Phi) is 10.5. The standard InChI is InChI=1S/C36H36N6O9/c43-28(11-7-21-3-2-6-24-25(21)20-42(35(24)49)27-10-14-31(46)40-34(27)48)37-15-17-51-18-16-38-29(44)12-8-22-4-1-5-23-19-41(36(50)32(22)23)26-9-13-30(45)39-33(26)47/h1-8,11-12,26-27H,9-10,13-20H2,(H,37,43)(H,38,44)(H,39,45,47)(H,40,46,48)/b11-7+,12-8+. The SMILES string of the molecule is O=C(/C=C/c1cccc2c1CN(C1CCC(=O)NC1=O)C2=O)NCCOCCNC(=O)/C=C/c1cccc2c1C(=O)N(C1CCC(=O)NC1=O)C2. The van der Waals surface area contributed by atoms with Crippen LogP contribution < -0.4 is 21.3 Å². The number of amides is 8. The number of carbonyl (C=O) groups excluding carboxylic acids is 8. The molecule has 4 N–H and O–H groups in total. The van der Waals surface area contributed by atoms with Crippen LogP contribution in [0.15, 0.2) is 48.6 Å². The predicted molar refractivity (Wildman–Crippen MR) is 180 cm³/mol. The van der Waals surface area contributed by atoms with Crippen LogP contribution in [0.3, 0.4) is 0 Å². The number of benzene rings is 2. The third-order valence-corrected chi connectivity index (χ3v) is 9.12. The Morgan fingerprint density at radius 2 is 1.27 bits per heavy atom. The molecule has 4 heterocycles. The largest absolute Gasteiger partial charge is 0.378 e. The fourth-order valence-corrected chi connectivity index (χ4v) is 6.59. The van der Waals surface area contributed by atoms with E-state index in [-0.39, 0.29) is 94.6 Å². The van der Waals surface area contributed by atoms with Gasteiger partial charge < -0.3 is 25.2 Å². The van der Waals surface area contributed by atoms with E-state index < -0.39 is 29.8 Å². The lowest BCUT2D eigenvalue weighted by molar-refractivity contribution is -0.138. The number of hydrogen-bond acceptors (Lipinski definition) is 9. The number of nitrogens with one attached hydrogen (secondary N) is 4. The summed E-state index contributed by atoms with van der Waals surface area (Å²) >= 11 is 0. The van der Waals surface area contributed by atoms with Gasteiger partial charge >= 0.3 is 0 Å². The van der Waals surface area contributed by atoms with Crippen molar-refractivity contribution < 1.29 is 43.1 Å². The molecular formula is C36H36N6O9. The molecule has 0 spiro atoms. The molecule has 0 aliphatic carbocycles. The maximum absolute atomic E-state index is 13.2. The Labute approximate surface area is 292 Å². The predicted octanol–water partition coefficient (Wildman–Crippen LogP) is 0.184. The summed E-state index contributed by atoms with van der Waals surface area (Å²) < 4.78 is 5.50. The van der Waals surface area contributed by atoms with Crippen LogP contribution in [0.2, 0.25) is 0 Å². The van der Waals surface area contributed by atoms with Crippen LogP contribution in [0, 0.1) is 0 Å². The van der Waals surface area contributed by atoms with Crippen LogP contribution in [0.4, 0.5) is 0 Å². The number of nitrogens with zero attached hydrogens (tertiary/aromatic N) is 2. The van der Waals surface area contributed by atoms with Crippen LogP contribution in [0.5, 0.6) is 0 Å². The van der Waals surface area contributed by atoms with Gasteiger partial charge in [-0.1, -0.05) is 30.3 Å². The summed E-state index contributed by atoms with van der Waals surface area (Å²) in [6.07, 6.45) is 6.66. The number of fused-ring (bicyclic) bond motifs is 2. The molecule has 2 saturated heterocycles. The minimum absolute atomic E-state index is 0.163. The van der Waals surface area contributed by atoms with E-state index in [0.29, 0.717) is 27.8 Å². The first-order chi connectivity index (χ1) is 24.6. The summed E-state index contributed by atoms with van der Waals surface area (Å²) in [7, 11) is 0. The Balaban J connectivity index is 0.899. The highest BCUT2D eigenvalue weighted by Gasteiger charge is 2.41. The molecule has 15 nitrogen and oxygen atoms in total. The van der Waals surface area contributed by atoms with Gasteiger partial charge in [-0.05, 0) is 53.3 Å². The molecule has 4 aliphatic rings. The zero-order chi connectivity index (χ0) is 36.1. The van der Waals surface area contributed by atoms with Gasteiger partial charge in [0, 0.05) is 56.7 Å². The average Bonchev–Trinajstić information content (AvgIpc) is 3.62. The van der Waals surface area contributed by atoms with E-state index in [1.807, 2.05) is 0 Å². The maximum Gasteiger partial charge on any atom is 0.255 e. The second-order valence-electron chi connectivity index (χ2n) is 12.4. The molecule has 0 radical (unpaired) electrons. The molecule has 2 aromatic rings. The Morgan fingerprint density at radius 1 is 0.725 bits per heavy atom. The van der Waals surface area contributed by atoms with Crippen molar-refractivity contribution in [3.05, 3.63) is 81.9 Å². The molecule has 0 saturated carbocycles. The van der Waals surface area contributed by atoms with Crippen molar-refractivity contribution >= 4 is 59.4 Å². The fraction of sp³-hybridized carbons (Fsp3) is 0.333. The number of carbonyl (C=O) groups is 8. The van der Waals surface area contributed by atoms with E-state index in [1.165, 1.54) is 22.0 Å². The van der Waals surface area contributed by atoms with E-state index in [1.54, 1.807) is 48.6 Å². The second-order valence-corrected chi connectivity index (χ2v) is 12.4. The quantitative estimate of drug-likeness (QED) is 0.136. The first kappa shape index (κ1) is 34.9. The number of imide groups is 2. The van der Waals surface area contributed by atoms with E-state index in [9.17, 15) is 38.4 Å². The Morgan fingerprint density at radius 3 is 1.88 bits per heavy atom. The Bertz CT molecular complexity index is 1890. The summed E-state index contributed by atoms with van der Waals surface area (Å²) in [6.45, 7) is 1.26. The van der Waals surface area contributed by atoms with E-state index >= 15 is 0 Å². The summed E-state index contributed by atoms with van der Waals surface area (Å²) in [5.41, 5.74) is 3.53. The van der Waals surface area contributed by atoms with Gasteiger partial charge in [0.2, 0.25) is 35.4 Å². The zero-order valence-corrected chi connectivity index (χ0v) is 27.6. The van der Waals surface area contributed by atoms with Crippen molar-refractivity contribution in [2.45, 2.75) is 50.9 Å². The summed E-state index contributed by atoms with van der Waals surface area (Å²) in [4.78, 5) is 102. The summed E-state index contributed by atoms with van der Waals surface area (Å²) in [5, 5.41) is 9.97. The molecular weight excluding hydrogens is 660 g/mol. The van der Waals surface area contributed by atoms with Gasteiger partial charge in [0.15, 0.2) is 0 Å². The van der Waals surface area contributed by atoms with Crippen molar-refractivity contribution in [2.75, 3.05) is 26.3 Å². The first-order valence-electron chi connectivity index (χ1n) is 16.6. The van der Waals surface area contributed by atoms with Crippen LogP contribution in [-0.2, 0) is 46.6 Å². The van der Waals surface area contributed by atoms with E-state index in [0.717, 1.165) is 5.56 Å². The van der Waals surface area contributed by atoms with Crippen LogP contribution in [0.1, 0.15) is 68.7 Å². The summed E-state index contributed by atoms with van der Waals surface area (Å²) in [6, 6.07) is 8.99. The van der Waals surface area contributed by atoms with Gasteiger partial charge in [-0.2, -0.15) is 0 Å². The van der Waals surface area contributed by atoms with Crippen LogP contribution in [-0.4, -0.2) is 95.4 Å². The molecule has 264 valence electrons. The van der Waals surface area contributed by atoms with Crippen molar-refractivity contribution in [3.8, 4) is 0 Å². The topological polar surface area (TPSA) is 200 Å². The minimum atomic E-state index is -0.726. The second kappa shape index (κ2) is 15.3. The number of rotatable bonds is 12. The highest BCUT2D eigenvalue weighted by molar-refractivity contribution is 6.08. The molecule has 4 aliphatic heterocycles. The molecule has 2 unspecified atom stereocenters. The molecule has 15 heteroatoms. The van der Waals surface area contributed by atoms with Gasteiger partial charge in [0.1, 0.15) is 12.1 Å². The van der Waals surface area contributed by atoms with Gasteiger partial charge in [0.25, 0.3) is 11.8 Å². The van der Waals surface area contributed by atoms with Crippen molar-refractivity contribution in [1.82, 2.24) is 31.1 Å². The highest BCUT2D eigenvalue weighted by Crippen LogP contribution is 2.31. The van der Waals surface area contributed by atoms with E-state index in [4.69, 9.17) is 4.74 Å². The third-order valence-electron chi connectivity index (χ3n) is 9.12. The van der Waals surface area contributed by atoms with Gasteiger partial charge in [0.05, 0.1) is 18.8 Å². The monoisotopic (exact) mass is 696 g/mol. The first-order valence-corrected chi connectivity index (χ1v) is 16.6. The molecule has 51 heavy (non-hydrogen) atoms. The highest BCUT2D eigenvalue weighted by atomic mass is 16.5. The number of hydrogen-bond donors (Lipinski definition) is 4. The number of piperidine rings is 2. The lowest BCUT2D eigenvalue weighted by Crippen LogP contribution is -2.52. The lowest BCUT2D eigenvalue weighted by Gasteiger charge is -2.29. The minimum Gasteiger partial charge on any atom is -0.378 e. The molecule has 0 bridgehead atoms. The summed E-state index contributed by atoms with van der Waals surface area (Å²) in [5.74, 6) is -3.06. The molecule has 0 aromatic heterocycles. The van der Waals surface area contributed by atoms with Crippen molar-refractivity contribution in [1.29, 1.82) is 0 Å². The number of ether oxygens (including phenoxy) is 1. The molecule has 2 aromatic carbocycles. The molecule has 8 amide bonds. The third kappa shape index (κ3) is 7.78. The average molecular weight is 697 g/mol. The van der Waals surface area contributed by atoms with Gasteiger partial charge in [-0.15, -0.1) is 0 Å². The molecule has 2 fully saturated rings. The molecule has 6 rings (SSSR count). The smallest absolute Gasteiger partial charge is 0.255 e. The molecule has 2 atom stereocenters. The fourth-order valence-electron chi connectivity index (χ4n) is 6.59. The lowest BCUT2D eigenvalue weighted by atomic mass is 10.0. The zero-order valence-electron chi connectivity index (χ0n) is 27.6. The van der Waals surface area contributed by atoms with Gasteiger partial charge in [-0.25, -0.2) is 0 Å². The Hall–Kier alpha value is -5.96. The normalized spacial score (nSPS) is 20.2.